The van der Waals surface area contributed by atoms with Gasteiger partial charge in [0, 0.05) is 42.9 Å². The monoisotopic (exact) mass is 366 g/mol. The van der Waals surface area contributed by atoms with Crippen molar-refractivity contribution in [3.63, 3.8) is 0 Å². The lowest BCUT2D eigenvalue weighted by Gasteiger charge is -2.25. The number of aromatic nitrogens is 1. The van der Waals surface area contributed by atoms with Gasteiger partial charge in [-0.1, -0.05) is 6.07 Å². The number of anilines is 2. The minimum absolute atomic E-state index is 0.0620. The normalized spacial score (nSPS) is 14.8. The minimum atomic E-state index is -0.233. The van der Waals surface area contributed by atoms with Gasteiger partial charge in [-0.15, -0.1) is 0 Å². The summed E-state index contributed by atoms with van der Waals surface area (Å²) in [7, 11) is 0. The van der Waals surface area contributed by atoms with Gasteiger partial charge in [-0.3, -0.25) is 19.5 Å². The second kappa shape index (κ2) is 9.61. The first-order valence-corrected chi connectivity index (χ1v) is 8.78. The van der Waals surface area contributed by atoms with Gasteiger partial charge >= 0.3 is 0 Å². The number of ether oxygens (including phenoxy) is 1. The van der Waals surface area contributed by atoms with Crippen LogP contribution in [-0.4, -0.2) is 54.5 Å². The van der Waals surface area contributed by atoms with Crippen molar-refractivity contribution in [1.29, 1.82) is 0 Å². The van der Waals surface area contributed by atoms with Gasteiger partial charge in [0.2, 0.25) is 11.8 Å². The Balaban J connectivity index is 1.47. The molecule has 27 heavy (non-hydrogen) atoms. The van der Waals surface area contributed by atoms with E-state index in [0.717, 1.165) is 18.7 Å². The summed E-state index contributed by atoms with van der Waals surface area (Å²) in [5.41, 5.74) is 2.20. The number of carbonyl (C=O) groups excluding carboxylic acids is 2. The topological polar surface area (TPSA) is 83.6 Å². The summed E-state index contributed by atoms with van der Waals surface area (Å²) in [4.78, 5) is 30.1. The lowest BCUT2D eigenvalue weighted by molar-refractivity contribution is -0.118. The number of nitrogens with one attached hydrogen (secondary N) is 2. The van der Waals surface area contributed by atoms with Crippen LogP contribution in [-0.2, 0) is 14.3 Å². The van der Waals surface area contributed by atoms with E-state index in [1.807, 2.05) is 12.1 Å². The Bertz CT molecular complexity index is 785. The van der Waals surface area contributed by atoms with Crippen LogP contribution in [0.2, 0.25) is 0 Å². The first-order valence-electron chi connectivity index (χ1n) is 8.78. The van der Waals surface area contributed by atoms with Crippen molar-refractivity contribution in [2.75, 3.05) is 43.5 Å². The maximum Gasteiger partial charge on any atom is 0.248 e. The molecule has 0 spiro atoms. The molecule has 2 N–H and O–H groups in total. The van der Waals surface area contributed by atoms with Crippen LogP contribution in [0, 0.1) is 0 Å². The van der Waals surface area contributed by atoms with Crippen LogP contribution in [0.5, 0.6) is 0 Å². The molecule has 0 saturated carbocycles. The van der Waals surface area contributed by atoms with Gasteiger partial charge in [0.25, 0.3) is 0 Å². The Kier molecular flexibility index (Phi) is 6.67. The van der Waals surface area contributed by atoms with Crippen molar-refractivity contribution in [1.82, 2.24) is 9.88 Å². The van der Waals surface area contributed by atoms with E-state index in [9.17, 15) is 9.59 Å². The summed E-state index contributed by atoms with van der Waals surface area (Å²) >= 11 is 0. The summed E-state index contributed by atoms with van der Waals surface area (Å²) in [5, 5.41) is 5.64. The van der Waals surface area contributed by atoms with Gasteiger partial charge in [-0.2, -0.15) is 0 Å². The van der Waals surface area contributed by atoms with E-state index in [0.29, 0.717) is 31.1 Å². The van der Waals surface area contributed by atoms with Crippen LogP contribution < -0.4 is 10.6 Å². The van der Waals surface area contributed by atoms with Crippen LogP contribution >= 0.6 is 0 Å². The van der Waals surface area contributed by atoms with Crippen LogP contribution in [0.25, 0.3) is 6.08 Å². The molecule has 0 unspecified atom stereocenters. The fourth-order valence-corrected chi connectivity index (χ4v) is 2.63. The highest BCUT2D eigenvalue weighted by atomic mass is 16.5. The highest BCUT2D eigenvalue weighted by molar-refractivity contribution is 6.02. The molecule has 7 nitrogen and oxygen atoms in total. The molecular weight excluding hydrogens is 344 g/mol. The fraction of sp³-hybridized carbons (Fsp3) is 0.250. The van der Waals surface area contributed by atoms with E-state index in [1.54, 1.807) is 42.7 Å². The molecule has 0 atom stereocenters. The first kappa shape index (κ1) is 18.8. The molecule has 1 aliphatic rings. The van der Waals surface area contributed by atoms with E-state index in [4.69, 9.17) is 4.74 Å². The Labute approximate surface area is 158 Å². The van der Waals surface area contributed by atoms with Gasteiger partial charge in [-0.25, -0.2) is 0 Å². The second-order valence-electron chi connectivity index (χ2n) is 6.12. The molecule has 0 aliphatic carbocycles. The van der Waals surface area contributed by atoms with Gasteiger partial charge in [-0.05, 0) is 42.0 Å². The number of carbonyl (C=O) groups is 2. The molecule has 3 rings (SSSR count). The Morgan fingerprint density at radius 2 is 1.78 bits per heavy atom. The van der Waals surface area contributed by atoms with Crippen molar-refractivity contribution in [3.05, 3.63) is 60.4 Å². The van der Waals surface area contributed by atoms with Crippen molar-refractivity contribution < 1.29 is 14.3 Å². The molecular formula is C20H22N4O3. The van der Waals surface area contributed by atoms with E-state index in [2.05, 4.69) is 20.5 Å². The van der Waals surface area contributed by atoms with Crippen molar-refractivity contribution >= 4 is 29.3 Å². The number of rotatable bonds is 6. The largest absolute Gasteiger partial charge is 0.379 e. The third-order valence-corrected chi connectivity index (χ3v) is 4.02. The highest BCUT2D eigenvalue weighted by Gasteiger charge is 2.14. The number of pyridine rings is 1. The van der Waals surface area contributed by atoms with E-state index in [1.165, 1.54) is 6.08 Å². The Morgan fingerprint density at radius 1 is 1.07 bits per heavy atom. The molecule has 2 heterocycles. The lowest BCUT2D eigenvalue weighted by atomic mass is 10.2. The molecule has 0 radical (unpaired) electrons. The zero-order valence-electron chi connectivity index (χ0n) is 14.9. The maximum absolute atomic E-state index is 12.1. The first-order chi connectivity index (χ1) is 13.2. The third-order valence-electron chi connectivity index (χ3n) is 4.02. The number of benzene rings is 1. The average Bonchev–Trinajstić information content (AvgIpc) is 2.69. The minimum Gasteiger partial charge on any atom is -0.379 e. The fourth-order valence-electron chi connectivity index (χ4n) is 2.63. The Hall–Kier alpha value is -3.03. The summed E-state index contributed by atoms with van der Waals surface area (Å²) in [6.07, 6.45) is 6.51. The highest BCUT2D eigenvalue weighted by Crippen LogP contribution is 2.14. The molecule has 2 amide bonds. The van der Waals surface area contributed by atoms with Crippen molar-refractivity contribution in [2.24, 2.45) is 0 Å². The van der Waals surface area contributed by atoms with Crippen LogP contribution in [0.1, 0.15) is 5.56 Å². The molecule has 1 saturated heterocycles. The van der Waals surface area contributed by atoms with Crippen LogP contribution in [0.3, 0.4) is 0 Å². The standard InChI is InChI=1S/C20H22N4O3/c25-19(8-3-16-2-1-9-21-14-16)22-17-4-6-18(7-5-17)23-20(26)15-24-10-12-27-13-11-24/h1-9,14H,10-13,15H2,(H,22,25)(H,23,26)/b8-3+. The summed E-state index contributed by atoms with van der Waals surface area (Å²) < 4.78 is 5.27. The van der Waals surface area contributed by atoms with Gasteiger partial charge in [0.1, 0.15) is 0 Å². The molecule has 140 valence electrons. The second-order valence-corrected chi connectivity index (χ2v) is 6.12. The third kappa shape index (κ3) is 6.32. The molecule has 1 aromatic heterocycles. The zero-order chi connectivity index (χ0) is 18.9. The quantitative estimate of drug-likeness (QED) is 0.764. The average molecular weight is 366 g/mol. The molecule has 7 heteroatoms. The number of morpholine rings is 1. The number of hydrogen-bond donors (Lipinski definition) is 2. The SMILES string of the molecule is O=C(/C=C/c1cccnc1)Nc1ccc(NC(=O)CN2CCOCC2)cc1. The smallest absolute Gasteiger partial charge is 0.248 e. The summed E-state index contributed by atoms with van der Waals surface area (Å²) in [5.74, 6) is -0.295. The van der Waals surface area contributed by atoms with Gasteiger partial charge < -0.3 is 15.4 Å². The molecule has 1 aliphatic heterocycles. The van der Waals surface area contributed by atoms with Crippen molar-refractivity contribution in [2.45, 2.75) is 0 Å². The summed E-state index contributed by atoms with van der Waals surface area (Å²) in [6, 6.07) is 10.7. The summed E-state index contributed by atoms with van der Waals surface area (Å²) in [6.45, 7) is 3.21. The molecule has 0 bridgehead atoms. The Morgan fingerprint density at radius 3 is 2.44 bits per heavy atom. The number of nitrogens with zero attached hydrogens (tertiary/aromatic N) is 2. The maximum atomic E-state index is 12.1. The zero-order valence-corrected chi connectivity index (χ0v) is 14.9. The molecule has 1 fully saturated rings. The lowest BCUT2D eigenvalue weighted by Crippen LogP contribution is -2.41. The number of amides is 2. The number of hydrogen-bond acceptors (Lipinski definition) is 5. The predicted octanol–water partition coefficient (Wildman–Crippen LogP) is 2.00. The molecule has 1 aromatic carbocycles. The van der Waals surface area contributed by atoms with E-state index < -0.39 is 0 Å². The van der Waals surface area contributed by atoms with Gasteiger partial charge in [0.15, 0.2) is 0 Å². The predicted molar refractivity (Wildman–Crippen MR) is 104 cm³/mol. The van der Waals surface area contributed by atoms with E-state index >= 15 is 0 Å². The van der Waals surface area contributed by atoms with Crippen molar-refractivity contribution in [3.8, 4) is 0 Å². The van der Waals surface area contributed by atoms with Crippen LogP contribution in [0.15, 0.2) is 54.9 Å². The van der Waals surface area contributed by atoms with Crippen LogP contribution in [0.4, 0.5) is 11.4 Å². The van der Waals surface area contributed by atoms with E-state index in [-0.39, 0.29) is 11.8 Å². The van der Waals surface area contributed by atoms with Gasteiger partial charge in [0.05, 0.1) is 19.8 Å². The molecule has 2 aromatic rings.